The van der Waals surface area contributed by atoms with Crippen LogP contribution in [0.15, 0.2) is 36.4 Å². The number of nitrogens with two attached hydrogens (primary N) is 1. The molecule has 7 heteroatoms. The van der Waals surface area contributed by atoms with E-state index < -0.39 is 17.6 Å². The van der Waals surface area contributed by atoms with E-state index in [0.29, 0.717) is 3.57 Å². The van der Waals surface area contributed by atoms with Crippen LogP contribution in [0.2, 0.25) is 0 Å². The molecule has 0 spiro atoms. The van der Waals surface area contributed by atoms with Gasteiger partial charge in [0, 0.05) is 6.07 Å². The molecular formula is C13H8F4INO. The smallest absolute Gasteiger partial charge is 0.416 e. The second kappa shape index (κ2) is 5.47. The van der Waals surface area contributed by atoms with Crippen molar-refractivity contribution in [3.8, 4) is 11.5 Å². The molecule has 0 atom stereocenters. The molecule has 0 bridgehead atoms. The number of halogens is 5. The molecule has 0 fully saturated rings. The number of alkyl halides is 3. The van der Waals surface area contributed by atoms with Gasteiger partial charge >= 0.3 is 6.18 Å². The van der Waals surface area contributed by atoms with Crippen LogP contribution in [0.4, 0.5) is 23.2 Å². The topological polar surface area (TPSA) is 35.2 Å². The van der Waals surface area contributed by atoms with Crippen LogP contribution in [0.3, 0.4) is 0 Å². The maximum absolute atomic E-state index is 13.4. The van der Waals surface area contributed by atoms with Crippen LogP contribution in [0.25, 0.3) is 0 Å². The summed E-state index contributed by atoms with van der Waals surface area (Å²) in [7, 11) is 0. The van der Waals surface area contributed by atoms with Crippen LogP contribution < -0.4 is 10.5 Å². The third-order valence-electron chi connectivity index (χ3n) is 2.44. The van der Waals surface area contributed by atoms with E-state index in [1.165, 1.54) is 18.2 Å². The van der Waals surface area contributed by atoms with Gasteiger partial charge in [0.15, 0.2) is 5.75 Å². The minimum absolute atomic E-state index is 0.0257. The lowest BCUT2D eigenvalue weighted by Crippen LogP contribution is -2.04. The quantitative estimate of drug-likeness (QED) is 0.448. The van der Waals surface area contributed by atoms with Gasteiger partial charge < -0.3 is 10.5 Å². The highest BCUT2D eigenvalue weighted by Gasteiger charge is 2.30. The minimum atomic E-state index is -4.47. The van der Waals surface area contributed by atoms with Gasteiger partial charge in [-0.25, -0.2) is 4.39 Å². The molecule has 0 aliphatic carbocycles. The highest BCUT2D eigenvalue weighted by Crippen LogP contribution is 2.34. The lowest BCUT2D eigenvalue weighted by atomic mass is 10.2. The van der Waals surface area contributed by atoms with Crippen molar-refractivity contribution in [1.82, 2.24) is 0 Å². The molecule has 0 amide bonds. The minimum Gasteiger partial charge on any atom is -0.455 e. The lowest BCUT2D eigenvalue weighted by Gasteiger charge is -2.12. The summed E-state index contributed by atoms with van der Waals surface area (Å²) < 4.78 is 56.6. The molecule has 2 aromatic carbocycles. The molecule has 2 N–H and O–H groups in total. The van der Waals surface area contributed by atoms with E-state index in [9.17, 15) is 17.6 Å². The third-order valence-corrected chi connectivity index (χ3v) is 3.27. The molecule has 2 aromatic rings. The van der Waals surface area contributed by atoms with E-state index in [1.54, 1.807) is 22.6 Å². The normalized spacial score (nSPS) is 11.4. The van der Waals surface area contributed by atoms with Crippen molar-refractivity contribution in [2.45, 2.75) is 6.18 Å². The standard InChI is InChI=1S/C13H8F4INO/c14-9-5-12(11(19)6-10(9)18)20-8-3-1-2-7(4-8)13(15,16)17/h1-6H,19H2. The van der Waals surface area contributed by atoms with E-state index in [2.05, 4.69) is 0 Å². The summed E-state index contributed by atoms with van der Waals surface area (Å²) in [5, 5.41) is 0. The van der Waals surface area contributed by atoms with Gasteiger partial charge in [0.25, 0.3) is 0 Å². The number of hydrogen-bond donors (Lipinski definition) is 1. The average Bonchev–Trinajstić information content (AvgIpc) is 2.35. The van der Waals surface area contributed by atoms with Crippen molar-refractivity contribution in [3.63, 3.8) is 0 Å². The number of hydrogen-bond acceptors (Lipinski definition) is 2. The Morgan fingerprint density at radius 2 is 1.80 bits per heavy atom. The number of ether oxygens (including phenoxy) is 1. The molecule has 0 aliphatic rings. The van der Waals surface area contributed by atoms with E-state index in [1.807, 2.05) is 0 Å². The molecule has 0 aliphatic heterocycles. The van der Waals surface area contributed by atoms with Crippen LogP contribution in [-0.4, -0.2) is 0 Å². The molecule has 2 nitrogen and oxygen atoms in total. The highest BCUT2D eigenvalue weighted by atomic mass is 127. The van der Waals surface area contributed by atoms with Crippen molar-refractivity contribution in [3.05, 3.63) is 51.3 Å². The molecule has 0 saturated carbocycles. The second-order valence-electron chi connectivity index (χ2n) is 3.93. The van der Waals surface area contributed by atoms with Crippen LogP contribution in [0, 0.1) is 9.39 Å². The van der Waals surface area contributed by atoms with E-state index >= 15 is 0 Å². The molecule has 2 rings (SSSR count). The number of benzene rings is 2. The van der Waals surface area contributed by atoms with Crippen molar-refractivity contribution >= 4 is 28.3 Å². The zero-order valence-corrected chi connectivity index (χ0v) is 12.0. The maximum atomic E-state index is 13.4. The Morgan fingerprint density at radius 3 is 2.45 bits per heavy atom. The number of rotatable bonds is 2. The SMILES string of the molecule is Nc1cc(I)c(F)cc1Oc1cccc(C(F)(F)F)c1. The summed E-state index contributed by atoms with van der Waals surface area (Å²) in [6, 6.07) is 6.68. The van der Waals surface area contributed by atoms with Gasteiger partial charge in [-0.1, -0.05) is 6.07 Å². The largest absolute Gasteiger partial charge is 0.455 e. The van der Waals surface area contributed by atoms with Gasteiger partial charge in [-0.15, -0.1) is 0 Å². The number of nitrogen functional groups attached to an aromatic ring is 1. The van der Waals surface area contributed by atoms with Crippen LogP contribution >= 0.6 is 22.6 Å². The Labute approximate surface area is 125 Å². The second-order valence-corrected chi connectivity index (χ2v) is 5.09. The van der Waals surface area contributed by atoms with Gasteiger partial charge in [-0.2, -0.15) is 13.2 Å². The van der Waals surface area contributed by atoms with Gasteiger partial charge in [0.05, 0.1) is 14.8 Å². The van der Waals surface area contributed by atoms with Gasteiger partial charge in [0.2, 0.25) is 0 Å². The van der Waals surface area contributed by atoms with E-state index in [0.717, 1.165) is 18.2 Å². The van der Waals surface area contributed by atoms with E-state index in [4.69, 9.17) is 10.5 Å². The zero-order chi connectivity index (χ0) is 14.9. The summed E-state index contributed by atoms with van der Waals surface area (Å²) in [6.45, 7) is 0. The van der Waals surface area contributed by atoms with E-state index in [-0.39, 0.29) is 17.2 Å². The van der Waals surface area contributed by atoms with Crippen molar-refractivity contribution in [2.75, 3.05) is 5.73 Å². The molecular weight excluding hydrogens is 389 g/mol. The summed E-state index contributed by atoms with van der Waals surface area (Å²) in [5.41, 5.74) is 4.94. The summed E-state index contributed by atoms with van der Waals surface area (Å²) in [4.78, 5) is 0. The summed E-state index contributed by atoms with van der Waals surface area (Å²) in [5.74, 6) is -0.642. The van der Waals surface area contributed by atoms with Crippen LogP contribution in [-0.2, 0) is 6.18 Å². The Kier molecular flexibility index (Phi) is 4.07. The first-order valence-electron chi connectivity index (χ1n) is 5.37. The molecule has 106 valence electrons. The first kappa shape index (κ1) is 14.9. The third kappa shape index (κ3) is 3.33. The molecule has 0 saturated heterocycles. The Balaban J connectivity index is 2.33. The summed E-state index contributed by atoms with van der Waals surface area (Å²) >= 11 is 1.75. The zero-order valence-electron chi connectivity index (χ0n) is 9.84. The first-order valence-corrected chi connectivity index (χ1v) is 6.45. The number of anilines is 1. The Bertz CT molecular complexity index is 643. The highest BCUT2D eigenvalue weighted by molar-refractivity contribution is 14.1. The first-order chi connectivity index (χ1) is 9.27. The predicted molar refractivity (Wildman–Crippen MR) is 75.0 cm³/mol. The van der Waals surface area contributed by atoms with Crippen molar-refractivity contribution < 1.29 is 22.3 Å². The fraction of sp³-hybridized carbons (Fsp3) is 0.0769. The summed E-state index contributed by atoms with van der Waals surface area (Å²) in [6.07, 6.45) is -4.47. The van der Waals surface area contributed by atoms with Gasteiger partial charge in [0.1, 0.15) is 11.6 Å². The monoisotopic (exact) mass is 397 g/mol. The fourth-order valence-corrected chi connectivity index (χ4v) is 1.99. The van der Waals surface area contributed by atoms with Crippen molar-refractivity contribution in [2.24, 2.45) is 0 Å². The van der Waals surface area contributed by atoms with Crippen LogP contribution in [0.5, 0.6) is 11.5 Å². The molecule has 0 unspecified atom stereocenters. The molecule has 0 aromatic heterocycles. The fourth-order valence-electron chi connectivity index (χ4n) is 1.50. The average molecular weight is 397 g/mol. The van der Waals surface area contributed by atoms with Crippen LogP contribution in [0.1, 0.15) is 5.56 Å². The van der Waals surface area contributed by atoms with Gasteiger partial charge in [-0.05, 0) is 46.9 Å². The Hall–Kier alpha value is -1.51. The maximum Gasteiger partial charge on any atom is 0.416 e. The molecule has 20 heavy (non-hydrogen) atoms. The van der Waals surface area contributed by atoms with Gasteiger partial charge in [-0.3, -0.25) is 0 Å². The predicted octanol–water partition coefficient (Wildman–Crippen LogP) is 4.82. The molecule has 0 radical (unpaired) electrons. The molecule has 0 heterocycles. The van der Waals surface area contributed by atoms with Crippen molar-refractivity contribution in [1.29, 1.82) is 0 Å². The Morgan fingerprint density at radius 1 is 1.10 bits per heavy atom. The lowest BCUT2D eigenvalue weighted by molar-refractivity contribution is -0.137.